The van der Waals surface area contributed by atoms with Gasteiger partial charge in [0.25, 0.3) is 0 Å². The highest BCUT2D eigenvalue weighted by atomic mass is 16.5. The standard InChI is InChI=1S/C15H28N4O2/c1-4-16-14(18-12-8-10(12)3)17-9-13(11-6-7-11)19-15(20)21-5-2/h10-13H,4-9H2,1-3H3,(H,19,20)(H2,16,17,18). The van der Waals surface area contributed by atoms with Crippen LogP contribution < -0.4 is 16.0 Å². The summed E-state index contributed by atoms with van der Waals surface area (Å²) < 4.78 is 4.96. The minimum Gasteiger partial charge on any atom is -0.450 e. The van der Waals surface area contributed by atoms with E-state index in [9.17, 15) is 4.79 Å². The first-order valence-corrected chi connectivity index (χ1v) is 8.12. The van der Waals surface area contributed by atoms with Gasteiger partial charge in [-0.2, -0.15) is 0 Å². The molecule has 1 amide bonds. The Hall–Kier alpha value is -1.46. The number of carbonyl (C=O) groups excluding carboxylic acids is 1. The summed E-state index contributed by atoms with van der Waals surface area (Å²) in [6, 6.07) is 0.622. The van der Waals surface area contributed by atoms with Crippen LogP contribution >= 0.6 is 0 Å². The summed E-state index contributed by atoms with van der Waals surface area (Å²) >= 11 is 0. The summed E-state index contributed by atoms with van der Waals surface area (Å²) in [7, 11) is 0. The zero-order chi connectivity index (χ0) is 15.2. The van der Waals surface area contributed by atoms with Crippen molar-refractivity contribution in [3.05, 3.63) is 0 Å². The Morgan fingerprint density at radius 2 is 2.10 bits per heavy atom. The van der Waals surface area contributed by atoms with Gasteiger partial charge in [-0.3, -0.25) is 4.99 Å². The highest BCUT2D eigenvalue weighted by Gasteiger charge is 2.34. The largest absolute Gasteiger partial charge is 0.450 e. The first-order valence-electron chi connectivity index (χ1n) is 8.12. The Labute approximate surface area is 127 Å². The van der Waals surface area contributed by atoms with Gasteiger partial charge in [0, 0.05) is 12.6 Å². The lowest BCUT2D eigenvalue weighted by Gasteiger charge is -2.17. The quantitative estimate of drug-likeness (QED) is 0.491. The van der Waals surface area contributed by atoms with E-state index in [1.807, 2.05) is 6.92 Å². The number of amides is 1. The second-order valence-corrected chi connectivity index (χ2v) is 5.99. The molecule has 2 aliphatic carbocycles. The number of hydrogen-bond acceptors (Lipinski definition) is 3. The van der Waals surface area contributed by atoms with E-state index in [1.54, 1.807) is 0 Å². The van der Waals surface area contributed by atoms with E-state index in [0.717, 1.165) is 31.3 Å². The molecule has 2 rings (SSSR count). The van der Waals surface area contributed by atoms with Crippen LogP contribution in [0.5, 0.6) is 0 Å². The van der Waals surface area contributed by atoms with Crippen LogP contribution in [0.2, 0.25) is 0 Å². The molecule has 3 N–H and O–H groups in total. The van der Waals surface area contributed by atoms with Crippen molar-refractivity contribution in [1.29, 1.82) is 0 Å². The Balaban J connectivity index is 1.84. The summed E-state index contributed by atoms with van der Waals surface area (Å²) in [6.07, 6.45) is 3.20. The number of rotatable bonds is 7. The topological polar surface area (TPSA) is 74.8 Å². The lowest BCUT2D eigenvalue weighted by atomic mass is 10.2. The van der Waals surface area contributed by atoms with E-state index >= 15 is 0 Å². The van der Waals surface area contributed by atoms with Crippen LogP contribution in [0.15, 0.2) is 4.99 Å². The summed E-state index contributed by atoms with van der Waals surface area (Å²) in [4.78, 5) is 16.2. The van der Waals surface area contributed by atoms with Crippen LogP contribution in [-0.2, 0) is 4.74 Å². The van der Waals surface area contributed by atoms with Crippen molar-refractivity contribution in [2.45, 2.75) is 52.1 Å². The molecule has 120 valence electrons. The maximum atomic E-state index is 11.6. The second-order valence-electron chi connectivity index (χ2n) is 5.99. The molecule has 3 atom stereocenters. The number of alkyl carbamates (subject to hydrolysis) is 1. The fourth-order valence-electron chi connectivity index (χ4n) is 2.34. The number of guanidine groups is 1. The molecule has 0 aromatic heterocycles. The van der Waals surface area contributed by atoms with Crippen molar-refractivity contribution in [2.75, 3.05) is 19.7 Å². The van der Waals surface area contributed by atoms with Crippen LogP contribution in [0, 0.1) is 11.8 Å². The Morgan fingerprint density at radius 1 is 1.38 bits per heavy atom. The maximum absolute atomic E-state index is 11.6. The SMILES string of the molecule is CCNC(=NCC(NC(=O)OCC)C1CC1)NC1CC1C. The molecule has 0 bridgehead atoms. The number of nitrogens with one attached hydrogen (secondary N) is 3. The third kappa shape index (κ3) is 5.44. The predicted molar refractivity (Wildman–Crippen MR) is 83.4 cm³/mol. The van der Waals surface area contributed by atoms with E-state index in [1.165, 1.54) is 6.42 Å². The molecule has 6 heteroatoms. The van der Waals surface area contributed by atoms with Gasteiger partial charge in [0.1, 0.15) is 0 Å². The molecule has 0 aromatic rings. The number of ether oxygens (including phenoxy) is 1. The van der Waals surface area contributed by atoms with E-state index < -0.39 is 0 Å². The fourth-order valence-corrected chi connectivity index (χ4v) is 2.34. The predicted octanol–water partition coefficient (Wildman–Crippen LogP) is 1.47. The monoisotopic (exact) mass is 296 g/mol. The van der Waals surface area contributed by atoms with Crippen molar-refractivity contribution in [1.82, 2.24) is 16.0 Å². The Kier molecular flexibility index (Phi) is 5.70. The molecule has 0 heterocycles. The average Bonchev–Trinajstić information content (AvgIpc) is 3.33. The molecule has 0 saturated heterocycles. The molecule has 2 aliphatic rings. The van der Waals surface area contributed by atoms with Gasteiger partial charge in [0.15, 0.2) is 5.96 Å². The number of carbonyl (C=O) groups is 1. The summed E-state index contributed by atoms with van der Waals surface area (Å²) in [5, 5.41) is 9.62. The minimum absolute atomic E-state index is 0.0798. The summed E-state index contributed by atoms with van der Waals surface area (Å²) in [5.41, 5.74) is 0. The molecular weight excluding hydrogens is 268 g/mol. The van der Waals surface area contributed by atoms with Gasteiger partial charge in [-0.05, 0) is 44.9 Å². The molecule has 0 aliphatic heterocycles. The van der Waals surface area contributed by atoms with Gasteiger partial charge in [0.05, 0.1) is 19.2 Å². The van der Waals surface area contributed by atoms with Gasteiger partial charge >= 0.3 is 6.09 Å². The van der Waals surface area contributed by atoms with Crippen LogP contribution in [0.3, 0.4) is 0 Å². The van der Waals surface area contributed by atoms with Crippen molar-refractivity contribution in [3.63, 3.8) is 0 Å². The average molecular weight is 296 g/mol. The lowest BCUT2D eigenvalue weighted by Crippen LogP contribution is -2.42. The van der Waals surface area contributed by atoms with Crippen LogP contribution in [-0.4, -0.2) is 43.8 Å². The van der Waals surface area contributed by atoms with E-state index in [4.69, 9.17) is 4.74 Å². The third-order valence-electron chi connectivity index (χ3n) is 3.99. The smallest absolute Gasteiger partial charge is 0.407 e. The first-order chi connectivity index (χ1) is 10.1. The van der Waals surface area contributed by atoms with E-state index in [-0.39, 0.29) is 12.1 Å². The maximum Gasteiger partial charge on any atom is 0.407 e. The second kappa shape index (κ2) is 7.52. The van der Waals surface area contributed by atoms with Crippen molar-refractivity contribution in [2.24, 2.45) is 16.8 Å². The minimum atomic E-state index is -0.335. The molecule has 0 spiro atoms. The van der Waals surface area contributed by atoms with Crippen LogP contribution in [0.1, 0.15) is 40.0 Å². The van der Waals surface area contributed by atoms with Gasteiger partial charge in [0.2, 0.25) is 0 Å². The van der Waals surface area contributed by atoms with Gasteiger partial charge < -0.3 is 20.7 Å². The fraction of sp³-hybridized carbons (Fsp3) is 0.867. The molecule has 2 fully saturated rings. The third-order valence-corrected chi connectivity index (χ3v) is 3.99. The number of hydrogen-bond donors (Lipinski definition) is 3. The van der Waals surface area contributed by atoms with Crippen molar-refractivity contribution < 1.29 is 9.53 Å². The zero-order valence-electron chi connectivity index (χ0n) is 13.3. The van der Waals surface area contributed by atoms with Gasteiger partial charge in [-0.1, -0.05) is 6.92 Å². The van der Waals surface area contributed by atoms with E-state index in [2.05, 4.69) is 34.8 Å². The molecule has 21 heavy (non-hydrogen) atoms. The molecule has 3 unspecified atom stereocenters. The highest BCUT2D eigenvalue weighted by molar-refractivity contribution is 5.80. The van der Waals surface area contributed by atoms with Crippen molar-refractivity contribution >= 4 is 12.1 Å². The Bertz CT molecular complexity index is 382. The lowest BCUT2D eigenvalue weighted by molar-refractivity contribution is 0.147. The highest BCUT2D eigenvalue weighted by Crippen LogP contribution is 2.33. The normalized spacial score (nSPS) is 26.0. The molecule has 0 aromatic carbocycles. The molecular formula is C15H28N4O2. The summed E-state index contributed by atoms with van der Waals surface area (Å²) in [5.74, 6) is 2.12. The van der Waals surface area contributed by atoms with Gasteiger partial charge in [-0.15, -0.1) is 0 Å². The summed E-state index contributed by atoms with van der Waals surface area (Å²) in [6.45, 7) is 7.94. The van der Waals surface area contributed by atoms with Crippen LogP contribution in [0.25, 0.3) is 0 Å². The first kappa shape index (κ1) is 15.9. The molecule has 0 radical (unpaired) electrons. The number of nitrogens with zero attached hydrogens (tertiary/aromatic N) is 1. The zero-order valence-corrected chi connectivity index (χ0v) is 13.3. The van der Waals surface area contributed by atoms with Crippen LogP contribution in [0.4, 0.5) is 4.79 Å². The van der Waals surface area contributed by atoms with E-state index in [0.29, 0.717) is 25.1 Å². The number of aliphatic imine (C=N–C) groups is 1. The Morgan fingerprint density at radius 3 is 2.62 bits per heavy atom. The van der Waals surface area contributed by atoms with Gasteiger partial charge in [-0.25, -0.2) is 4.79 Å². The molecule has 2 saturated carbocycles. The molecule has 6 nitrogen and oxygen atoms in total. The van der Waals surface area contributed by atoms with Crippen molar-refractivity contribution in [3.8, 4) is 0 Å².